The van der Waals surface area contributed by atoms with Crippen LogP contribution in [0.1, 0.15) is 34.9 Å². The lowest BCUT2D eigenvalue weighted by Crippen LogP contribution is -2.02. The van der Waals surface area contributed by atoms with Crippen LogP contribution in [-0.4, -0.2) is 31.4 Å². The number of thioether (sulfide) groups is 1. The molecule has 0 amide bonds. The molecule has 6 heteroatoms. The topological polar surface area (TPSA) is 68.0 Å². The summed E-state index contributed by atoms with van der Waals surface area (Å²) in [5.74, 6) is 1.87. The summed E-state index contributed by atoms with van der Waals surface area (Å²) >= 11 is 1.35. The molecule has 0 bridgehead atoms. The number of phenols is 1. The van der Waals surface area contributed by atoms with Crippen molar-refractivity contribution in [2.24, 2.45) is 0 Å². The average molecular weight is 351 g/mol. The summed E-state index contributed by atoms with van der Waals surface area (Å²) in [5, 5.41) is 14.5. The fraction of sp³-hybridized carbons (Fsp3) is 0.211. The van der Waals surface area contributed by atoms with Gasteiger partial charge in [-0.25, -0.2) is 9.67 Å². The first kappa shape index (κ1) is 15.9. The third-order valence-electron chi connectivity index (χ3n) is 4.08. The van der Waals surface area contributed by atoms with E-state index in [1.807, 2.05) is 35.0 Å². The molecule has 0 radical (unpaired) electrons. The lowest BCUT2D eigenvalue weighted by molar-refractivity contribution is 0.102. The molecule has 5 nitrogen and oxygen atoms in total. The van der Waals surface area contributed by atoms with E-state index in [4.69, 9.17) is 0 Å². The number of carbonyl (C=O) groups excluding carboxylic acids is 1. The number of Topliss-reactive ketones (excluding diaryl/α,β-unsaturated/α-hetero) is 1. The molecule has 0 unspecified atom stereocenters. The largest absolute Gasteiger partial charge is 0.508 e. The monoisotopic (exact) mass is 351 g/mol. The summed E-state index contributed by atoms with van der Waals surface area (Å²) in [6.45, 7) is 0. The van der Waals surface area contributed by atoms with E-state index in [9.17, 15) is 9.90 Å². The maximum Gasteiger partial charge on any atom is 0.209 e. The van der Waals surface area contributed by atoms with Crippen LogP contribution in [0.2, 0.25) is 0 Å². The highest BCUT2D eigenvalue weighted by molar-refractivity contribution is 7.99. The predicted molar refractivity (Wildman–Crippen MR) is 96.5 cm³/mol. The van der Waals surface area contributed by atoms with Gasteiger partial charge in [-0.05, 0) is 49.2 Å². The van der Waals surface area contributed by atoms with Gasteiger partial charge in [0.2, 0.25) is 5.16 Å². The number of benzene rings is 2. The Morgan fingerprint density at radius 2 is 1.84 bits per heavy atom. The van der Waals surface area contributed by atoms with E-state index in [-0.39, 0.29) is 17.3 Å². The van der Waals surface area contributed by atoms with Crippen molar-refractivity contribution in [2.75, 3.05) is 5.75 Å². The first-order valence-corrected chi connectivity index (χ1v) is 9.16. The van der Waals surface area contributed by atoms with Gasteiger partial charge in [0, 0.05) is 11.5 Å². The smallest absolute Gasteiger partial charge is 0.209 e. The van der Waals surface area contributed by atoms with Crippen LogP contribution >= 0.6 is 11.8 Å². The van der Waals surface area contributed by atoms with Crippen LogP contribution in [0.15, 0.2) is 59.8 Å². The number of rotatable bonds is 6. The first-order valence-electron chi connectivity index (χ1n) is 8.18. The molecular formula is C19H17N3O2S. The van der Waals surface area contributed by atoms with Crippen LogP contribution in [-0.2, 0) is 0 Å². The average Bonchev–Trinajstić information content (AvgIpc) is 3.40. The summed E-state index contributed by atoms with van der Waals surface area (Å²) < 4.78 is 1.89. The molecule has 1 N–H and O–H groups in total. The molecule has 4 rings (SSSR count). The van der Waals surface area contributed by atoms with E-state index in [1.165, 1.54) is 23.9 Å². The fourth-order valence-corrected chi connectivity index (χ4v) is 3.32. The maximum absolute atomic E-state index is 12.3. The Balaban J connectivity index is 1.51. The van der Waals surface area contributed by atoms with Crippen LogP contribution in [0.5, 0.6) is 5.75 Å². The highest BCUT2D eigenvalue weighted by Crippen LogP contribution is 2.40. The summed E-state index contributed by atoms with van der Waals surface area (Å²) in [7, 11) is 0. The molecule has 0 aliphatic heterocycles. The normalized spacial score (nSPS) is 13.8. The van der Waals surface area contributed by atoms with Crippen molar-refractivity contribution in [1.82, 2.24) is 14.8 Å². The van der Waals surface area contributed by atoms with Gasteiger partial charge in [-0.1, -0.05) is 30.0 Å². The molecule has 1 aromatic heterocycles. The second-order valence-corrected chi connectivity index (χ2v) is 6.98. The Morgan fingerprint density at radius 3 is 2.52 bits per heavy atom. The van der Waals surface area contributed by atoms with Gasteiger partial charge in [0.05, 0.1) is 11.4 Å². The number of para-hydroxylation sites is 1. The van der Waals surface area contributed by atoms with Gasteiger partial charge >= 0.3 is 0 Å². The SMILES string of the molecule is O=C(CSc1nc(C2CC2)n(-c2ccccc2)n1)c1ccc(O)cc1. The molecule has 0 atom stereocenters. The minimum absolute atomic E-state index is 0.00552. The first-order chi connectivity index (χ1) is 12.2. The molecule has 1 aliphatic rings. The van der Waals surface area contributed by atoms with Crippen LogP contribution in [0.4, 0.5) is 0 Å². The number of carbonyl (C=O) groups is 1. The number of aromatic hydroxyl groups is 1. The van der Waals surface area contributed by atoms with Crippen molar-refractivity contribution in [2.45, 2.75) is 23.9 Å². The van der Waals surface area contributed by atoms with Gasteiger partial charge in [0.1, 0.15) is 11.6 Å². The zero-order chi connectivity index (χ0) is 17.2. The molecule has 1 saturated carbocycles. The van der Waals surface area contributed by atoms with E-state index in [1.54, 1.807) is 12.1 Å². The van der Waals surface area contributed by atoms with Crippen LogP contribution in [0.25, 0.3) is 5.69 Å². The van der Waals surface area contributed by atoms with Crippen LogP contribution < -0.4 is 0 Å². The molecule has 1 heterocycles. The molecular weight excluding hydrogens is 334 g/mol. The molecule has 1 aliphatic carbocycles. The molecule has 126 valence electrons. The van der Waals surface area contributed by atoms with Crippen molar-refractivity contribution in [3.05, 3.63) is 66.0 Å². The minimum Gasteiger partial charge on any atom is -0.508 e. The fourth-order valence-electron chi connectivity index (χ4n) is 2.59. The van der Waals surface area contributed by atoms with Gasteiger partial charge in [0.25, 0.3) is 0 Å². The third-order valence-corrected chi connectivity index (χ3v) is 4.92. The predicted octanol–water partition coefficient (Wildman–Crippen LogP) is 3.83. The summed E-state index contributed by atoms with van der Waals surface area (Å²) in [5.41, 5.74) is 1.57. The number of hydrogen-bond donors (Lipinski definition) is 1. The van der Waals surface area contributed by atoms with E-state index >= 15 is 0 Å². The Bertz CT molecular complexity index is 887. The Kier molecular flexibility index (Phi) is 4.28. The molecule has 25 heavy (non-hydrogen) atoms. The molecule has 0 spiro atoms. The molecule has 2 aromatic carbocycles. The van der Waals surface area contributed by atoms with Gasteiger partial charge < -0.3 is 5.11 Å². The van der Waals surface area contributed by atoms with E-state index < -0.39 is 0 Å². The highest BCUT2D eigenvalue weighted by Gasteiger charge is 2.30. The van der Waals surface area contributed by atoms with Crippen molar-refractivity contribution in [3.8, 4) is 11.4 Å². The zero-order valence-corrected chi connectivity index (χ0v) is 14.3. The van der Waals surface area contributed by atoms with Gasteiger partial charge in [-0.2, -0.15) is 0 Å². The quantitative estimate of drug-likeness (QED) is 0.540. The second kappa shape index (κ2) is 6.72. The number of aromatic nitrogens is 3. The Morgan fingerprint density at radius 1 is 1.12 bits per heavy atom. The van der Waals surface area contributed by atoms with Crippen molar-refractivity contribution >= 4 is 17.5 Å². The summed E-state index contributed by atoms with van der Waals surface area (Å²) in [6, 6.07) is 16.3. The lowest BCUT2D eigenvalue weighted by atomic mass is 10.1. The lowest BCUT2D eigenvalue weighted by Gasteiger charge is -2.03. The number of phenolic OH excluding ortho intramolecular Hbond substituents is 1. The number of nitrogens with zero attached hydrogens (tertiary/aromatic N) is 3. The van der Waals surface area contributed by atoms with Gasteiger partial charge in [-0.3, -0.25) is 4.79 Å². The van der Waals surface area contributed by atoms with Crippen molar-refractivity contribution < 1.29 is 9.90 Å². The molecule has 3 aromatic rings. The van der Waals surface area contributed by atoms with Gasteiger partial charge in [0.15, 0.2) is 5.78 Å². The van der Waals surface area contributed by atoms with E-state index in [0.29, 0.717) is 16.6 Å². The standard InChI is InChI=1S/C19H17N3O2S/c23-16-10-8-13(9-11-16)17(24)12-25-19-20-18(14-6-7-14)22(21-19)15-4-2-1-3-5-15/h1-5,8-11,14,23H,6-7,12H2. The summed E-state index contributed by atoms with van der Waals surface area (Å²) in [4.78, 5) is 16.9. The minimum atomic E-state index is -0.00552. The van der Waals surface area contributed by atoms with Crippen LogP contribution in [0.3, 0.4) is 0 Å². The summed E-state index contributed by atoms with van der Waals surface area (Å²) in [6.07, 6.45) is 2.28. The highest BCUT2D eigenvalue weighted by atomic mass is 32.2. The van der Waals surface area contributed by atoms with Gasteiger partial charge in [-0.15, -0.1) is 5.10 Å². The Hall–Kier alpha value is -2.60. The van der Waals surface area contributed by atoms with Crippen molar-refractivity contribution in [1.29, 1.82) is 0 Å². The Labute approximate surface area is 149 Å². The van der Waals surface area contributed by atoms with E-state index in [0.717, 1.165) is 24.4 Å². The third kappa shape index (κ3) is 3.58. The van der Waals surface area contributed by atoms with Crippen molar-refractivity contribution in [3.63, 3.8) is 0 Å². The molecule has 0 saturated heterocycles. The second-order valence-electron chi connectivity index (χ2n) is 6.03. The van der Waals surface area contributed by atoms with Crippen LogP contribution in [0, 0.1) is 0 Å². The zero-order valence-electron chi connectivity index (χ0n) is 13.5. The molecule has 1 fully saturated rings. The maximum atomic E-state index is 12.3. The number of hydrogen-bond acceptors (Lipinski definition) is 5. The van der Waals surface area contributed by atoms with E-state index in [2.05, 4.69) is 10.1 Å². The number of ketones is 1.